The summed E-state index contributed by atoms with van der Waals surface area (Å²) in [6.45, 7) is 0.620. The van der Waals surface area contributed by atoms with Crippen LogP contribution >= 0.6 is 0 Å². The van der Waals surface area contributed by atoms with Crippen LogP contribution in [-0.2, 0) is 17.5 Å². The van der Waals surface area contributed by atoms with Crippen molar-refractivity contribution in [2.24, 2.45) is 0 Å². The van der Waals surface area contributed by atoms with E-state index in [9.17, 15) is 13.2 Å². The van der Waals surface area contributed by atoms with Gasteiger partial charge >= 0.3 is 6.18 Å². The number of benzene rings is 1. The van der Waals surface area contributed by atoms with Gasteiger partial charge in [0.25, 0.3) is 0 Å². The predicted molar refractivity (Wildman–Crippen MR) is 44.7 cm³/mol. The van der Waals surface area contributed by atoms with E-state index in [1.807, 2.05) is 0 Å². The summed E-state index contributed by atoms with van der Waals surface area (Å²) in [5.41, 5.74) is 0.626. The van der Waals surface area contributed by atoms with E-state index in [2.05, 4.69) is 5.32 Å². The van der Waals surface area contributed by atoms with Crippen molar-refractivity contribution in [2.75, 3.05) is 12.0 Å². The van der Waals surface area contributed by atoms with Crippen molar-refractivity contribution in [1.82, 2.24) is 0 Å². The summed E-state index contributed by atoms with van der Waals surface area (Å²) in [4.78, 5) is 0. The molecule has 76 valence electrons. The second-order valence-corrected chi connectivity index (χ2v) is 3.04. The van der Waals surface area contributed by atoms with Gasteiger partial charge in [-0.25, -0.2) is 0 Å². The van der Waals surface area contributed by atoms with E-state index in [1.54, 1.807) is 0 Å². The minimum atomic E-state index is -4.28. The molecule has 0 unspecified atom stereocenters. The monoisotopic (exact) mass is 203 g/mol. The zero-order valence-corrected chi connectivity index (χ0v) is 7.19. The Labute approximate surface area is 78.7 Å². The molecule has 0 aromatic heterocycles. The first kappa shape index (κ1) is 9.33. The molecule has 0 saturated heterocycles. The molecule has 1 aromatic rings. The molecule has 1 aliphatic heterocycles. The van der Waals surface area contributed by atoms with Gasteiger partial charge in [-0.05, 0) is 12.1 Å². The van der Waals surface area contributed by atoms with Crippen LogP contribution in [0.2, 0.25) is 0 Å². The fraction of sp³-hybridized carbons (Fsp3) is 0.333. The second-order valence-electron chi connectivity index (χ2n) is 3.04. The zero-order valence-electron chi connectivity index (χ0n) is 7.19. The minimum absolute atomic E-state index is 0.258. The van der Waals surface area contributed by atoms with Crippen molar-refractivity contribution in [2.45, 2.75) is 12.8 Å². The molecule has 0 fully saturated rings. The van der Waals surface area contributed by atoms with Crippen LogP contribution in [0.25, 0.3) is 0 Å². The van der Waals surface area contributed by atoms with Crippen LogP contribution in [0.15, 0.2) is 18.2 Å². The number of fused-ring (bicyclic) bond motifs is 1. The average Bonchev–Trinajstić information content (AvgIpc) is 2.16. The Morgan fingerprint density at radius 3 is 2.79 bits per heavy atom. The lowest BCUT2D eigenvalue weighted by Crippen LogP contribution is -2.15. The first-order chi connectivity index (χ1) is 6.57. The third-order valence-electron chi connectivity index (χ3n) is 2.06. The fourth-order valence-electron chi connectivity index (χ4n) is 1.33. The molecular formula is C9H8F3NO. The number of alkyl halides is 3. The maximum Gasteiger partial charge on any atom is 0.416 e. The van der Waals surface area contributed by atoms with Crippen LogP contribution in [0.3, 0.4) is 0 Å². The van der Waals surface area contributed by atoms with E-state index >= 15 is 0 Å². The molecule has 2 nitrogen and oxygen atoms in total. The van der Waals surface area contributed by atoms with Gasteiger partial charge in [-0.3, -0.25) is 0 Å². The van der Waals surface area contributed by atoms with Crippen molar-refractivity contribution in [1.29, 1.82) is 0 Å². The van der Waals surface area contributed by atoms with Gasteiger partial charge in [0.05, 0.1) is 12.2 Å². The molecule has 1 aliphatic rings. The number of rotatable bonds is 0. The lowest BCUT2D eigenvalue weighted by Gasteiger charge is -2.19. The average molecular weight is 203 g/mol. The predicted octanol–water partition coefficient (Wildman–Crippen LogP) is 2.61. The smallest absolute Gasteiger partial charge is 0.362 e. The van der Waals surface area contributed by atoms with Crippen molar-refractivity contribution < 1.29 is 17.9 Å². The molecule has 0 radical (unpaired) electrons. The maximum absolute atomic E-state index is 12.3. The number of nitrogens with one attached hydrogen (secondary N) is 1. The van der Waals surface area contributed by atoms with Crippen LogP contribution in [-0.4, -0.2) is 6.73 Å². The maximum atomic E-state index is 12.3. The summed E-state index contributed by atoms with van der Waals surface area (Å²) in [7, 11) is 0. The summed E-state index contributed by atoms with van der Waals surface area (Å²) >= 11 is 0. The molecule has 2 rings (SSSR count). The number of hydrogen-bond acceptors (Lipinski definition) is 2. The third-order valence-corrected chi connectivity index (χ3v) is 2.06. The fourth-order valence-corrected chi connectivity index (χ4v) is 1.33. The number of anilines is 1. The first-order valence-electron chi connectivity index (χ1n) is 4.09. The SMILES string of the molecule is FC(F)(F)c1ccc2c(c1)NCOC2. The highest BCUT2D eigenvalue weighted by Gasteiger charge is 2.31. The lowest BCUT2D eigenvalue weighted by atomic mass is 10.1. The quantitative estimate of drug-likeness (QED) is 0.699. The Morgan fingerprint density at radius 2 is 2.07 bits per heavy atom. The van der Waals surface area contributed by atoms with Gasteiger partial charge in [-0.2, -0.15) is 13.2 Å². The Kier molecular flexibility index (Phi) is 2.11. The Balaban J connectivity index is 2.39. The first-order valence-corrected chi connectivity index (χ1v) is 4.09. The molecule has 0 amide bonds. The van der Waals surface area contributed by atoms with E-state index in [0.717, 1.165) is 17.7 Å². The summed E-state index contributed by atoms with van der Waals surface area (Å²) in [6.07, 6.45) is -4.28. The highest BCUT2D eigenvalue weighted by atomic mass is 19.4. The van der Waals surface area contributed by atoms with Crippen LogP contribution in [0.4, 0.5) is 18.9 Å². The second kappa shape index (κ2) is 3.16. The molecule has 0 saturated carbocycles. The Hall–Kier alpha value is -1.23. The zero-order chi connectivity index (χ0) is 10.2. The van der Waals surface area contributed by atoms with Crippen molar-refractivity contribution >= 4 is 5.69 Å². The van der Waals surface area contributed by atoms with Crippen molar-refractivity contribution in [3.63, 3.8) is 0 Å². The number of hydrogen-bond donors (Lipinski definition) is 1. The van der Waals surface area contributed by atoms with E-state index in [1.165, 1.54) is 6.07 Å². The lowest BCUT2D eigenvalue weighted by molar-refractivity contribution is -0.137. The molecule has 0 atom stereocenters. The highest BCUT2D eigenvalue weighted by Crippen LogP contribution is 2.33. The number of halogens is 3. The molecule has 0 aliphatic carbocycles. The van der Waals surface area contributed by atoms with Crippen LogP contribution in [0, 0.1) is 0 Å². The summed E-state index contributed by atoms with van der Waals surface area (Å²) in [5.74, 6) is 0. The summed E-state index contributed by atoms with van der Waals surface area (Å²) in [5, 5.41) is 2.75. The van der Waals surface area contributed by atoms with Gasteiger partial charge in [-0.15, -0.1) is 0 Å². The van der Waals surface area contributed by atoms with Gasteiger partial charge in [0.1, 0.15) is 6.73 Å². The molecular weight excluding hydrogens is 195 g/mol. The summed E-state index contributed by atoms with van der Waals surface area (Å²) < 4.78 is 41.9. The highest BCUT2D eigenvalue weighted by molar-refractivity contribution is 5.54. The molecule has 0 spiro atoms. The van der Waals surface area contributed by atoms with Gasteiger partial charge in [0, 0.05) is 11.3 Å². The summed E-state index contributed by atoms with van der Waals surface area (Å²) in [6, 6.07) is 3.61. The van der Waals surface area contributed by atoms with E-state index < -0.39 is 11.7 Å². The third kappa shape index (κ3) is 1.68. The molecule has 0 bridgehead atoms. The normalized spacial score (nSPS) is 15.9. The van der Waals surface area contributed by atoms with Crippen molar-refractivity contribution in [3.8, 4) is 0 Å². The van der Waals surface area contributed by atoms with Gasteiger partial charge in [0.2, 0.25) is 0 Å². The molecule has 14 heavy (non-hydrogen) atoms. The van der Waals surface area contributed by atoms with E-state index in [-0.39, 0.29) is 6.73 Å². The standard InChI is InChI=1S/C9H8F3NO/c10-9(11,12)7-2-1-6-4-14-5-13-8(6)3-7/h1-3,13H,4-5H2. The van der Waals surface area contributed by atoms with Crippen LogP contribution in [0.5, 0.6) is 0 Å². The molecule has 5 heteroatoms. The van der Waals surface area contributed by atoms with Crippen LogP contribution < -0.4 is 5.32 Å². The van der Waals surface area contributed by atoms with Gasteiger partial charge in [0.15, 0.2) is 0 Å². The topological polar surface area (TPSA) is 21.3 Å². The Bertz CT molecular complexity index is 348. The van der Waals surface area contributed by atoms with E-state index in [0.29, 0.717) is 12.3 Å². The molecule has 1 heterocycles. The Morgan fingerprint density at radius 1 is 1.29 bits per heavy atom. The molecule has 1 aromatic carbocycles. The van der Waals surface area contributed by atoms with Crippen molar-refractivity contribution in [3.05, 3.63) is 29.3 Å². The number of ether oxygens (including phenoxy) is 1. The van der Waals surface area contributed by atoms with Gasteiger partial charge in [-0.1, -0.05) is 6.07 Å². The van der Waals surface area contributed by atoms with Crippen LogP contribution in [0.1, 0.15) is 11.1 Å². The minimum Gasteiger partial charge on any atom is -0.362 e. The van der Waals surface area contributed by atoms with Gasteiger partial charge < -0.3 is 10.1 Å². The molecule has 1 N–H and O–H groups in total. The van der Waals surface area contributed by atoms with E-state index in [4.69, 9.17) is 4.74 Å². The largest absolute Gasteiger partial charge is 0.416 e.